The van der Waals surface area contributed by atoms with Crippen molar-refractivity contribution in [1.82, 2.24) is 4.40 Å². The van der Waals surface area contributed by atoms with Crippen LogP contribution in [0.4, 0.5) is 0 Å². The van der Waals surface area contributed by atoms with Crippen molar-refractivity contribution in [3.05, 3.63) is 58.9 Å². The molecule has 112 valence electrons. The molecule has 3 rings (SSSR count). The summed E-state index contributed by atoms with van der Waals surface area (Å²) < 4.78 is 1.94. The van der Waals surface area contributed by atoms with E-state index in [-0.39, 0.29) is 0 Å². The van der Waals surface area contributed by atoms with Gasteiger partial charge < -0.3 is 4.40 Å². The van der Waals surface area contributed by atoms with Crippen LogP contribution in [0.2, 0.25) is 5.02 Å². The number of halogens is 1. The fraction of sp³-hybridized carbons (Fsp3) is 0.167. The second-order valence-corrected chi connectivity index (χ2v) is 6.82. The predicted octanol–water partition coefficient (Wildman–Crippen LogP) is 5.49. The van der Waals surface area contributed by atoms with Crippen LogP contribution in [-0.2, 0) is 0 Å². The van der Waals surface area contributed by atoms with Crippen LogP contribution in [-0.4, -0.2) is 16.4 Å². The molecule has 2 aromatic heterocycles. The number of rotatable bonds is 4. The van der Waals surface area contributed by atoms with E-state index in [1.165, 1.54) is 0 Å². The zero-order valence-corrected chi connectivity index (χ0v) is 14.0. The first kappa shape index (κ1) is 15.2. The molecular formula is C18H16ClNOS. The van der Waals surface area contributed by atoms with Crippen molar-refractivity contribution in [2.45, 2.75) is 18.7 Å². The molecule has 0 radical (unpaired) electrons. The van der Waals surface area contributed by atoms with E-state index in [0.29, 0.717) is 10.7 Å². The summed E-state index contributed by atoms with van der Waals surface area (Å²) in [4.78, 5) is 12.8. The Morgan fingerprint density at radius 3 is 2.77 bits per heavy atom. The maximum Gasteiger partial charge on any atom is 0.167 e. The Morgan fingerprint density at radius 1 is 1.23 bits per heavy atom. The lowest BCUT2D eigenvalue weighted by molar-refractivity contribution is 0.111. The highest BCUT2D eigenvalue weighted by molar-refractivity contribution is 7.99. The summed E-state index contributed by atoms with van der Waals surface area (Å²) in [5.74, 6) is 0.970. The molecule has 4 heteroatoms. The Balaban J connectivity index is 2.33. The molecule has 0 bridgehead atoms. The van der Waals surface area contributed by atoms with Crippen molar-refractivity contribution < 1.29 is 4.79 Å². The summed E-state index contributed by atoms with van der Waals surface area (Å²) in [6, 6.07) is 11.9. The van der Waals surface area contributed by atoms with Gasteiger partial charge in [0.25, 0.3) is 0 Å². The SMILES string of the molecule is CCSc1ccc(Cl)cc1-c1cc2c(C)cccn2c1C=O. The van der Waals surface area contributed by atoms with Crippen LogP contribution in [0.1, 0.15) is 23.0 Å². The summed E-state index contributed by atoms with van der Waals surface area (Å²) in [6.45, 7) is 4.16. The number of aromatic nitrogens is 1. The number of nitrogens with zero attached hydrogens (tertiary/aromatic N) is 1. The molecule has 0 saturated heterocycles. The Bertz CT molecular complexity index is 854. The average Bonchev–Trinajstić information content (AvgIpc) is 2.89. The molecule has 22 heavy (non-hydrogen) atoms. The smallest absolute Gasteiger partial charge is 0.167 e. The third kappa shape index (κ3) is 2.55. The molecular weight excluding hydrogens is 314 g/mol. The second kappa shape index (κ2) is 6.19. The van der Waals surface area contributed by atoms with Gasteiger partial charge in [-0.3, -0.25) is 4.79 Å². The van der Waals surface area contributed by atoms with Gasteiger partial charge in [-0.05, 0) is 54.1 Å². The zero-order chi connectivity index (χ0) is 15.7. The number of hydrogen-bond donors (Lipinski definition) is 0. The molecule has 2 nitrogen and oxygen atoms in total. The maximum absolute atomic E-state index is 11.7. The molecule has 0 N–H and O–H groups in total. The molecule has 1 aromatic carbocycles. The minimum Gasteiger partial charge on any atom is -0.313 e. The molecule has 0 amide bonds. The number of aldehydes is 1. The summed E-state index contributed by atoms with van der Waals surface area (Å²) in [7, 11) is 0. The maximum atomic E-state index is 11.7. The quantitative estimate of drug-likeness (QED) is 0.466. The van der Waals surface area contributed by atoms with Crippen molar-refractivity contribution in [3.8, 4) is 11.1 Å². The van der Waals surface area contributed by atoms with Crippen molar-refractivity contribution in [2.24, 2.45) is 0 Å². The second-order valence-electron chi connectivity index (χ2n) is 5.08. The van der Waals surface area contributed by atoms with Crippen LogP contribution in [0.5, 0.6) is 0 Å². The lowest BCUT2D eigenvalue weighted by Crippen LogP contribution is -1.93. The lowest BCUT2D eigenvalue weighted by Gasteiger charge is -2.08. The third-order valence-corrected chi connectivity index (χ3v) is 4.90. The van der Waals surface area contributed by atoms with Crippen molar-refractivity contribution in [2.75, 3.05) is 5.75 Å². The first-order valence-corrected chi connectivity index (χ1v) is 8.50. The van der Waals surface area contributed by atoms with E-state index in [4.69, 9.17) is 11.6 Å². The minimum absolute atomic E-state index is 0.666. The van der Waals surface area contributed by atoms with E-state index in [9.17, 15) is 4.79 Å². The van der Waals surface area contributed by atoms with Gasteiger partial charge in [-0.2, -0.15) is 0 Å². The van der Waals surface area contributed by atoms with Crippen LogP contribution in [0, 0.1) is 6.92 Å². The van der Waals surface area contributed by atoms with Gasteiger partial charge in [0, 0.05) is 27.2 Å². The molecule has 0 aliphatic heterocycles. The van der Waals surface area contributed by atoms with Gasteiger partial charge in [0.2, 0.25) is 0 Å². The minimum atomic E-state index is 0.666. The van der Waals surface area contributed by atoms with Crippen LogP contribution < -0.4 is 0 Å². The number of benzene rings is 1. The Kier molecular flexibility index (Phi) is 4.27. The first-order chi connectivity index (χ1) is 10.7. The van der Waals surface area contributed by atoms with Crippen LogP contribution in [0.25, 0.3) is 16.6 Å². The van der Waals surface area contributed by atoms with Gasteiger partial charge >= 0.3 is 0 Å². The molecule has 0 aliphatic carbocycles. The van der Waals surface area contributed by atoms with Crippen LogP contribution in [0.15, 0.2) is 47.5 Å². The summed E-state index contributed by atoms with van der Waals surface area (Å²) >= 11 is 7.94. The predicted molar refractivity (Wildman–Crippen MR) is 94.4 cm³/mol. The Hall–Kier alpha value is -1.71. The number of carbonyl (C=O) groups is 1. The molecule has 0 saturated carbocycles. The van der Waals surface area contributed by atoms with E-state index in [1.54, 1.807) is 11.8 Å². The Labute approximate surface area is 139 Å². The lowest BCUT2D eigenvalue weighted by atomic mass is 10.1. The Morgan fingerprint density at radius 2 is 2.05 bits per heavy atom. The summed E-state index contributed by atoms with van der Waals surface area (Å²) in [5.41, 5.74) is 4.81. The molecule has 0 aliphatic rings. The standard InChI is InChI=1S/C18H16ClNOS/c1-3-22-18-7-6-13(19)9-15(18)14-10-16-12(2)5-4-8-20(16)17(14)11-21/h4-11H,3H2,1-2H3. The largest absolute Gasteiger partial charge is 0.313 e. The number of hydrogen-bond acceptors (Lipinski definition) is 2. The average molecular weight is 330 g/mol. The summed E-state index contributed by atoms with van der Waals surface area (Å²) in [6.07, 6.45) is 2.84. The van der Waals surface area contributed by atoms with Gasteiger partial charge in [-0.15, -0.1) is 11.8 Å². The number of carbonyl (C=O) groups excluding carboxylic acids is 1. The highest BCUT2D eigenvalue weighted by Gasteiger charge is 2.16. The van der Waals surface area contributed by atoms with E-state index in [0.717, 1.165) is 39.1 Å². The normalized spacial score (nSPS) is 11.0. The topological polar surface area (TPSA) is 21.5 Å². The van der Waals surface area contributed by atoms with E-state index in [1.807, 2.05) is 47.9 Å². The highest BCUT2D eigenvalue weighted by Crippen LogP contribution is 2.37. The third-order valence-electron chi connectivity index (χ3n) is 3.70. The van der Waals surface area contributed by atoms with Crippen molar-refractivity contribution in [3.63, 3.8) is 0 Å². The molecule has 0 spiro atoms. The van der Waals surface area contributed by atoms with E-state index >= 15 is 0 Å². The van der Waals surface area contributed by atoms with Gasteiger partial charge in [-0.1, -0.05) is 24.6 Å². The first-order valence-electron chi connectivity index (χ1n) is 7.14. The van der Waals surface area contributed by atoms with Gasteiger partial charge in [0.05, 0.1) is 5.69 Å². The van der Waals surface area contributed by atoms with Crippen LogP contribution in [0.3, 0.4) is 0 Å². The number of thioether (sulfide) groups is 1. The molecule has 0 atom stereocenters. The van der Waals surface area contributed by atoms with E-state index < -0.39 is 0 Å². The van der Waals surface area contributed by atoms with Gasteiger partial charge in [0.15, 0.2) is 6.29 Å². The summed E-state index contributed by atoms with van der Waals surface area (Å²) in [5, 5.41) is 0.680. The fourth-order valence-electron chi connectivity index (χ4n) is 2.69. The molecule has 0 unspecified atom stereocenters. The molecule has 3 aromatic rings. The monoisotopic (exact) mass is 329 g/mol. The van der Waals surface area contributed by atoms with Crippen LogP contribution >= 0.6 is 23.4 Å². The molecule has 0 fully saturated rings. The number of pyridine rings is 1. The molecule has 2 heterocycles. The van der Waals surface area contributed by atoms with Crippen molar-refractivity contribution in [1.29, 1.82) is 0 Å². The van der Waals surface area contributed by atoms with Gasteiger partial charge in [-0.25, -0.2) is 0 Å². The van der Waals surface area contributed by atoms with Crippen molar-refractivity contribution >= 4 is 35.2 Å². The van der Waals surface area contributed by atoms with E-state index in [2.05, 4.69) is 13.0 Å². The number of fused-ring (bicyclic) bond motifs is 1. The fourth-order valence-corrected chi connectivity index (χ4v) is 3.66. The zero-order valence-electron chi connectivity index (χ0n) is 12.5. The van der Waals surface area contributed by atoms with Gasteiger partial charge in [0.1, 0.15) is 0 Å². The highest BCUT2D eigenvalue weighted by atomic mass is 35.5. The number of aryl methyl sites for hydroxylation is 1.